The number of hydrogen-bond donors (Lipinski definition) is 0. The molecule has 0 atom stereocenters. The van der Waals surface area contributed by atoms with Gasteiger partial charge in [0, 0.05) is 78.8 Å². The molecule has 0 N–H and O–H groups in total. The van der Waals surface area contributed by atoms with E-state index in [0.29, 0.717) is 17.5 Å². The first-order valence-corrected chi connectivity index (χ1v) is 23.0. The summed E-state index contributed by atoms with van der Waals surface area (Å²) in [6.45, 7) is 0. The van der Waals surface area contributed by atoms with Crippen molar-refractivity contribution in [3.05, 3.63) is 206 Å². The summed E-state index contributed by atoms with van der Waals surface area (Å²) in [5, 5.41) is 8.67. The first kappa shape index (κ1) is 36.7. The number of thiophene rings is 2. The van der Waals surface area contributed by atoms with Gasteiger partial charge in [-0.15, -0.1) is 22.7 Å². The molecule has 298 valence electrons. The first-order valence-electron chi connectivity index (χ1n) is 21.4. The van der Waals surface area contributed by atoms with Crippen molar-refractivity contribution in [1.82, 2.24) is 19.9 Å². The lowest BCUT2D eigenvalue weighted by molar-refractivity contribution is 1.07. The first-order chi connectivity index (χ1) is 31.7. The quantitative estimate of drug-likeness (QED) is 0.156. The van der Waals surface area contributed by atoms with Crippen LogP contribution in [0.2, 0.25) is 0 Å². The van der Waals surface area contributed by atoms with Gasteiger partial charge < -0.3 is 0 Å². The van der Waals surface area contributed by atoms with E-state index in [4.69, 9.17) is 19.9 Å². The molecule has 0 radical (unpaired) electrons. The maximum atomic E-state index is 5.34. The van der Waals surface area contributed by atoms with Crippen molar-refractivity contribution < 1.29 is 0 Å². The topological polar surface area (TPSA) is 51.6 Å². The molecule has 0 fully saturated rings. The lowest BCUT2D eigenvalue weighted by Crippen LogP contribution is -1.99. The van der Waals surface area contributed by atoms with Gasteiger partial charge in [0.2, 0.25) is 0 Å². The molecule has 4 nitrogen and oxygen atoms in total. The summed E-state index contributed by atoms with van der Waals surface area (Å²) in [6.07, 6.45) is 0. The molecule has 0 saturated carbocycles. The van der Waals surface area contributed by atoms with Crippen molar-refractivity contribution in [3.63, 3.8) is 0 Å². The lowest BCUT2D eigenvalue weighted by atomic mass is 9.93. The van der Waals surface area contributed by atoms with Crippen LogP contribution in [0.4, 0.5) is 0 Å². The third-order valence-electron chi connectivity index (χ3n) is 12.3. The van der Waals surface area contributed by atoms with Crippen LogP contribution in [-0.2, 0) is 0 Å². The van der Waals surface area contributed by atoms with Crippen molar-refractivity contribution >= 4 is 84.7 Å². The highest BCUT2D eigenvalue weighted by Crippen LogP contribution is 2.45. The van der Waals surface area contributed by atoms with E-state index in [1.165, 1.54) is 78.8 Å². The number of aromatic nitrogens is 4. The zero-order valence-electron chi connectivity index (χ0n) is 34.2. The fourth-order valence-corrected chi connectivity index (χ4v) is 11.5. The largest absolute Gasteiger partial charge is 0.247 e. The highest BCUT2D eigenvalue weighted by atomic mass is 32.1. The van der Waals surface area contributed by atoms with Crippen LogP contribution in [0.25, 0.3) is 130 Å². The number of hydrogen-bond acceptors (Lipinski definition) is 6. The van der Waals surface area contributed by atoms with E-state index in [1.807, 2.05) is 83.3 Å². The summed E-state index contributed by atoms with van der Waals surface area (Å²) in [7, 11) is 0. The van der Waals surface area contributed by atoms with Gasteiger partial charge in [-0.1, -0.05) is 164 Å². The van der Waals surface area contributed by atoms with Crippen LogP contribution in [-0.4, -0.2) is 19.9 Å². The van der Waals surface area contributed by atoms with Gasteiger partial charge >= 0.3 is 0 Å². The zero-order valence-corrected chi connectivity index (χ0v) is 35.9. The second kappa shape index (κ2) is 14.9. The summed E-state index contributed by atoms with van der Waals surface area (Å²) in [5.74, 6) is 1.98. The van der Waals surface area contributed by atoms with Crippen LogP contribution >= 0.6 is 22.7 Å². The van der Waals surface area contributed by atoms with E-state index in [0.717, 1.165) is 33.5 Å². The molecule has 0 saturated heterocycles. The molecule has 6 heteroatoms. The van der Waals surface area contributed by atoms with Gasteiger partial charge in [0.1, 0.15) is 0 Å². The van der Waals surface area contributed by atoms with Crippen LogP contribution in [0.15, 0.2) is 206 Å². The van der Waals surface area contributed by atoms with E-state index >= 15 is 0 Å². The molecule has 0 spiro atoms. The highest BCUT2D eigenvalue weighted by molar-refractivity contribution is 7.26. The number of nitrogens with zero attached hydrogens (tertiary/aromatic N) is 4. The van der Waals surface area contributed by atoms with Gasteiger partial charge in [0.15, 0.2) is 17.5 Å². The fraction of sp³-hybridized carbons (Fsp3) is 0. The molecule has 9 aromatic carbocycles. The molecule has 13 aromatic rings. The Bertz CT molecular complexity index is 3890. The Labute approximate surface area is 376 Å². The Morgan fingerprint density at radius 2 is 0.750 bits per heavy atom. The monoisotopic (exact) mass is 850 g/mol. The Morgan fingerprint density at radius 1 is 0.250 bits per heavy atom. The number of rotatable bonds is 6. The van der Waals surface area contributed by atoms with Gasteiger partial charge in [-0.3, -0.25) is 0 Å². The van der Waals surface area contributed by atoms with Crippen molar-refractivity contribution in [2.45, 2.75) is 0 Å². The van der Waals surface area contributed by atoms with Crippen molar-refractivity contribution in [1.29, 1.82) is 0 Å². The van der Waals surface area contributed by atoms with Gasteiger partial charge in [0.05, 0.1) is 11.2 Å². The third-order valence-corrected chi connectivity index (χ3v) is 14.6. The molecule has 4 heterocycles. The molecular formula is C58H34N4S2. The average Bonchev–Trinajstić information content (AvgIpc) is 3.94. The molecule has 0 unspecified atom stereocenters. The van der Waals surface area contributed by atoms with E-state index < -0.39 is 0 Å². The van der Waals surface area contributed by atoms with Gasteiger partial charge in [-0.2, -0.15) is 0 Å². The second-order valence-electron chi connectivity index (χ2n) is 16.2. The Hall–Kier alpha value is -7.90. The van der Waals surface area contributed by atoms with Crippen molar-refractivity contribution in [2.24, 2.45) is 0 Å². The molecule has 0 aliphatic carbocycles. The summed E-state index contributed by atoms with van der Waals surface area (Å²) >= 11 is 3.67. The Kier molecular flexibility index (Phi) is 8.54. The molecule has 13 rings (SSSR count). The molecule has 4 aromatic heterocycles. The summed E-state index contributed by atoms with van der Waals surface area (Å²) in [4.78, 5) is 20.2. The van der Waals surface area contributed by atoms with Crippen LogP contribution in [0.1, 0.15) is 0 Å². The Balaban J connectivity index is 0.901. The van der Waals surface area contributed by atoms with Crippen LogP contribution in [0.3, 0.4) is 0 Å². The maximum absolute atomic E-state index is 5.34. The van der Waals surface area contributed by atoms with Crippen molar-refractivity contribution in [3.8, 4) is 67.7 Å². The van der Waals surface area contributed by atoms with Crippen LogP contribution < -0.4 is 0 Å². The smallest absolute Gasteiger partial charge is 0.164 e. The van der Waals surface area contributed by atoms with Gasteiger partial charge in [0.25, 0.3) is 0 Å². The van der Waals surface area contributed by atoms with E-state index in [-0.39, 0.29) is 0 Å². The average molecular weight is 851 g/mol. The summed E-state index contributed by atoms with van der Waals surface area (Å²) in [5.41, 5.74) is 10.7. The predicted molar refractivity (Wildman–Crippen MR) is 271 cm³/mol. The molecule has 0 aliphatic rings. The SMILES string of the molecule is c1ccc(-c2nc(-c3ccccc3)nc(-c3ccc4c(c3)sc3cc(-c5cccc(-c6ccc7nc(-c8ccccc8)c8ccc9sc%10ccccc%10c9c8c7c6)c5)ccc34)n2)cc1. The minimum atomic E-state index is 0.659. The third kappa shape index (κ3) is 6.18. The number of pyridine rings is 1. The predicted octanol–water partition coefficient (Wildman–Crippen LogP) is 16.3. The molecule has 0 aliphatic heterocycles. The number of fused-ring (bicyclic) bond motifs is 10. The lowest BCUT2D eigenvalue weighted by Gasteiger charge is -2.13. The van der Waals surface area contributed by atoms with Crippen molar-refractivity contribution in [2.75, 3.05) is 0 Å². The summed E-state index contributed by atoms with van der Waals surface area (Å²) in [6, 6.07) is 73.4. The van der Waals surface area contributed by atoms with Gasteiger partial charge in [-0.05, 0) is 64.7 Å². The Morgan fingerprint density at radius 3 is 1.44 bits per heavy atom. The second-order valence-corrected chi connectivity index (χ2v) is 18.3. The highest BCUT2D eigenvalue weighted by Gasteiger charge is 2.18. The standard InChI is InChI=1S/C58H34N4S2/c1-4-13-35(14-5-1)55-46-28-30-50-54(45-21-10-11-22-49(45)63-50)53(46)47-32-40(25-29-48(47)59-55)38-19-12-20-39(31-38)41-23-26-43-44-27-24-42(34-52(44)64-51(43)33-41)58-61-56(36-15-6-2-7-16-36)60-57(62-58)37-17-8-3-9-18-37/h1-34H. The number of benzene rings is 9. The summed E-state index contributed by atoms with van der Waals surface area (Å²) < 4.78 is 5.03. The zero-order chi connectivity index (χ0) is 42.1. The van der Waals surface area contributed by atoms with Gasteiger partial charge in [-0.25, -0.2) is 19.9 Å². The van der Waals surface area contributed by atoms with E-state index in [2.05, 4.69) is 146 Å². The van der Waals surface area contributed by atoms with E-state index in [1.54, 1.807) is 0 Å². The molecular weight excluding hydrogens is 817 g/mol. The molecule has 0 bridgehead atoms. The molecule has 0 amide bonds. The maximum Gasteiger partial charge on any atom is 0.164 e. The van der Waals surface area contributed by atoms with Crippen LogP contribution in [0.5, 0.6) is 0 Å². The molecule has 64 heavy (non-hydrogen) atoms. The van der Waals surface area contributed by atoms with E-state index in [9.17, 15) is 0 Å². The minimum Gasteiger partial charge on any atom is -0.247 e. The fourth-order valence-electron chi connectivity index (χ4n) is 9.22. The van der Waals surface area contributed by atoms with Crippen LogP contribution in [0, 0.1) is 0 Å². The normalized spacial score (nSPS) is 11.8. The minimum absolute atomic E-state index is 0.659.